The van der Waals surface area contributed by atoms with Gasteiger partial charge in [0.1, 0.15) is 5.69 Å². The lowest BCUT2D eigenvalue weighted by Gasteiger charge is -2.06. The summed E-state index contributed by atoms with van der Waals surface area (Å²) in [4.78, 5) is 13.2. The Morgan fingerprint density at radius 3 is 2.26 bits per heavy atom. The first kappa shape index (κ1) is 11.5. The normalized spacial score (nSPS) is 10.4. The molecule has 0 spiro atoms. The SMILES string of the molecule is Cc1ccc(-c2ccccc2)nc1-c1ncccn1. The number of aromatic nitrogens is 3. The van der Waals surface area contributed by atoms with Gasteiger partial charge >= 0.3 is 0 Å². The van der Waals surface area contributed by atoms with Crippen molar-refractivity contribution in [2.45, 2.75) is 6.92 Å². The van der Waals surface area contributed by atoms with Crippen LogP contribution >= 0.6 is 0 Å². The summed E-state index contributed by atoms with van der Waals surface area (Å²) in [5, 5.41) is 0. The largest absolute Gasteiger partial charge is 0.244 e. The summed E-state index contributed by atoms with van der Waals surface area (Å²) in [6.07, 6.45) is 3.47. The van der Waals surface area contributed by atoms with Crippen LogP contribution in [0.4, 0.5) is 0 Å². The highest BCUT2D eigenvalue weighted by Gasteiger charge is 2.08. The van der Waals surface area contributed by atoms with Gasteiger partial charge in [0, 0.05) is 18.0 Å². The van der Waals surface area contributed by atoms with Crippen LogP contribution in [0.25, 0.3) is 22.8 Å². The van der Waals surface area contributed by atoms with E-state index in [2.05, 4.69) is 21.0 Å². The summed E-state index contributed by atoms with van der Waals surface area (Å²) in [5.41, 5.74) is 3.95. The number of nitrogens with zero attached hydrogens (tertiary/aromatic N) is 3. The minimum absolute atomic E-state index is 0.665. The lowest BCUT2D eigenvalue weighted by molar-refractivity contribution is 1.13. The first-order valence-corrected chi connectivity index (χ1v) is 6.15. The molecular formula is C16H13N3. The summed E-state index contributed by atoms with van der Waals surface area (Å²) < 4.78 is 0. The molecule has 3 aromatic rings. The first-order chi connectivity index (χ1) is 9.34. The van der Waals surface area contributed by atoms with Crippen LogP contribution in [0.2, 0.25) is 0 Å². The van der Waals surface area contributed by atoms with E-state index in [9.17, 15) is 0 Å². The molecule has 3 nitrogen and oxygen atoms in total. The fourth-order valence-corrected chi connectivity index (χ4v) is 1.95. The molecule has 92 valence electrons. The lowest BCUT2D eigenvalue weighted by Crippen LogP contribution is -1.95. The Morgan fingerprint density at radius 2 is 1.53 bits per heavy atom. The fraction of sp³-hybridized carbons (Fsp3) is 0.0625. The van der Waals surface area contributed by atoms with E-state index in [1.807, 2.05) is 43.3 Å². The van der Waals surface area contributed by atoms with E-state index in [0.717, 1.165) is 22.5 Å². The Kier molecular flexibility index (Phi) is 3.02. The second-order valence-corrected chi connectivity index (χ2v) is 4.30. The summed E-state index contributed by atoms with van der Waals surface area (Å²) >= 11 is 0. The molecule has 2 aromatic heterocycles. The van der Waals surface area contributed by atoms with E-state index in [1.54, 1.807) is 18.5 Å². The molecule has 0 aliphatic heterocycles. The van der Waals surface area contributed by atoms with Crippen molar-refractivity contribution in [1.29, 1.82) is 0 Å². The van der Waals surface area contributed by atoms with Gasteiger partial charge in [-0.25, -0.2) is 15.0 Å². The molecule has 0 unspecified atom stereocenters. The van der Waals surface area contributed by atoms with Crippen LogP contribution < -0.4 is 0 Å². The van der Waals surface area contributed by atoms with Gasteiger partial charge in [-0.2, -0.15) is 0 Å². The molecule has 3 rings (SSSR count). The molecule has 0 aliphatic carbocycles. The third-order valence-electron chi connectivity index (χ3n) is 2.94. The molecule has 1 aromatic carbocycles. The quantitative estimate of drug-likeness (QED) is 0.695. The molecule has 0 saturated carbocycles. The minimum Gasteiger partial charge on any atom is -0.244 e. The lowest BCUT2D eigenvalue weighted by atomic mass is 10.1. The zero-order chi connectivity index (χ0) is 13.1. The maximum atomic E-state index is 4.69. The monoisotopic (exact) mass is 247 g/mol. The van der Waals surface area contributed by atoms with E-state index in [0.29, 0.717) is 5.82 Å². The maximum absolute atomic E-state index is 4.69. The van der Waals surface area contributed by atoms with Gasteiger partial charge in [0.2, 0.25) is 0 Å². The van der Waals surface area contributed by atoms with Crippen molar-refractivity contribution in [3.05, 3.63) is 66.5 Å². The van der Waals surface area contributed by atoms with E-state index in [4.69, 9.17) is 0 Å². The van der Waals surface area contributed by atoms with Gasteiger partial charge in [0.15, 0.2) is 5.82 Å². The molecular weight excluding hydrogens is 234 g/mol. The topological polar surface area (TPSA) is 38.7 Å². The third-order valence-corrected chi connectivity index (χ3v) is 2.94. The van der Waals surface area contributed by atoms with Gasteiger partial charge in [0.05, 0.1) is 5.69 Å². The number of rotatable bonds is 2. The van der Waals surface area contributed by atoms with E-state index < -0.39 is 0 Å². The van der Waals surface area contributed by atoms with Crippen LogP contribution in [0.3, 0.4) is 0 Å². The van der Waals surface area contributed by atoms with E-state index >= 15 is 0 Å². The van der Waals surface area contributed by atoms with Gasteiger partial charge in [-0.1, -0.05) is 36.4 Å². The van der Waals surface area contributed by atoms with E-state index in [1.165, 1.54) is 0 Å². The van der Waals surface area contributed by atoms with E-state index in [-0.39, 0.29) is 0 Å². The van der Waals surface area contributed by atoms with Gasteiger partial charge in [0.25, 0.3) is 0 Å². The zero-order valence-corrected chi connectivity index (χ0v) is 10.6. The predicted molar refractivity (Wildman–Crippen MR) is 75.4 cm³/mol. The van der Waals surface area contributed by atoms with Gasteiger partial charge < -0.3 is 0 Å². The molecule has 0 N–H and O–H groups in total. The molecule has 19 heavy (non-hydrogen) atoms. The minimum atomic E-state index is 0.665. The van der Waals surface area contributed by atoms with Crippen molar-refractivity contribution in [1.82, 2.24) is 15.0 Å². The summed E-state index contributed by atoms with van der Waals surface area (Å²) in [6, 6.07) is 16.0. The number of aryl methyl sites for hydroxylation is 1. The highest BCUT2D eigenvalue weighted by Crippen LogP contribution is 2.22. The Hall–Kier alpha value is -2.55. The maximum Gasteiger partial charge on any atom is 0.178 e. The number of benzene rings is 1. The second-order valence-electron chi connectivity index (χ2n) is 4.30. The number of hydrogen-bond donors (Lipinski definition) is 0. The molecule has 0 atom stereocenters. The zero-order valence-electron chi connectivity index (χ0n) is 10.6. The molecule has 0 aliphatic rings. The van der Waals surface area contributed by atoms with Crippen LogP contribution in [0.15, 0.2) is 60.9 Å². The van der Waals surface area contributed by atoms with Crippen LogP contribution in [0, 0.1) is 6.92 Å². The Morgan fingerprint density at radius 1 is 0.789 bits per heavy atom. The van der Waals surface area contributed by atoms with Crippen molar-refractivity contribution in [2.75, 3.05) is 0 Å². The third kappa shape index (κ3) is 2.36. The van der Waals surface area contributed by atoms with Crippen LogP contribution in [-0.4, -0.2) is 15.0 Å². The van der Waals surface area contributed by atoms with Gasteiger partial charge in [-0.15, -0.1) is 0 Å². The molecule has 0 bridgehead atoms. The van der Waals surface area contributed by atoms with Crippen LogP contribution in [-0.2, 0) is 0 Å². The Balaban J connectivity index is 2.12. The smallest absolute Gasteiger partial charge is 0.178 e. The van der Waals surface area contributed by atoms with Crippen molar-refractivity contribution in [3.63, 3.8) is 0 Å². The standard InChI is InChI=1S/C16H13N3/c1-12-8-9-14(13-6-3-2-4-7-13)19-15(12)16-17-10-5-11-18-16/h2-11H,1H3. The first-order valence-electron chi connectivity index (χ1n) is 6.15. The van der Waals surface area contributed by atoms with Crippen LogP contribution in [0.5, 0.6) is 0 Å². The average Bonchev–Trinajstić information content (AvgIpc) is 2.49. The number of hydrogen-bond acceptors (Lipinski definition) is 3. The molecule has 0 fully saturated rings. The highest BCUT2D eigenvalue weighted by atomic mass is 14.9. The van der Waals surface area contributed by atoms with Crippen molar-refractivity contribution < 1.29 is 0 Å². The summed E-state index contributed by atoms with van der Waals surface area (Å²) in [6.45, 7) is 2.02. The fourth-order valence-electron chi connectivity index (χ4n) is 1.95. The van der Waals surface area contributed by atoms with Crippen LogP contribution in [0.1, 0.15) is 5.56 Å². The van der Waals surface area contributed by atoms with Crippen molar-refractivity contribution in [2.24, 2.45) is 0 Å². The Bertz CT molecular complexity index is 679. The van der Waals surface area contributed by atoms with Crippen molar-refractivity contribution in [3.8, 4) is 22.8 Å². The molecule has 0 saturated heterocycles. The predicted octanol–water partition coefficient (Wildman–Crippen LogP) is 3.51. The second kappa shape index (κ2) is 4.98. The van der Waals surface area contributed by atoms with Gasteiger partial charge in [-0.3, -0.25) is 0 Å². The Labute approximate surface area is 112 Å². The summed E-state index contributed by atoms with van der Waals surface area (Å²) in [5.74, 6) is 0.665. The van der Waals surface area contributed by atoms with Crippen molar-refractivity contribution >= 4 is 0 Å². The summed E-state index contributed by atoms with van der Waals surface area (Å²) in [7, 11) is 0. The molecule has 2 heterocycles. The number of pyridine rings is 1. The molecule has 3 heteroatoms. The average molecular weight is 247 g/mol. The molecule has 0 radical (unpaired) electrons. The highest BCUT2D eigenvalue weighted by molar-refractivity contribution is 5.64. The van der Waals surface area contributed by atoms with Gasteiger partial charge in [-0.05, 0) is 24.6 Å². The molecule has 0 amide bonds.